The van der Waals surface area contributed by atoms with Gasteiger partial charge in [0.1, 0.15) is 5.82 Å². The van der Waals surface area contributed by atoms with Crippen LogP contribution in [0.5, 0.6) is 0 Å². The van der Waals surface area contributed by atoms with Gasteiger partial charge in [0, 0.05) is 31.4 Å². The van der Waals surface area contributed by atoms with Crippen LogP contribution in [0.4, 0.5) is 5.82 Å². The lowest BCUT2D eigenvalue weighted by molar-refractivity contribution is 0.586. The summed E-state index contributed by atoms with van der Waals surface area (Å²) in [6, 6.07) is 4.89. The number of aromatic nitrogens is 1. The summed E-state index contributed by atoms with van der Waals surface area (Å²) in [7, 11) is 0. The number of anilines is 1. The first-order valence-corrected chi connectivity index (χ1v) is 7.38. The van der Waals surface area contributed by atoms with E-state index in [4.69, 9.17) is 0 Å². The monoisotopic (exact) mass is 263 g/mol. The lowest BCUT2D eigenvalue weighted by Crippen LogP contribution is -2.28. The summed E-state index contributed by atoms with van der Waals surface area (Å²) in [6.07, 6.45) is 0. The molecule has 0 aliphatic heterocycles. The molecule has 0 fully saturated rings. The van der Waals surface area contributed by atoms with Crippen molar-refractivity contribution in [1.82, 2.24) is 10.3 Å². The highest BCUT2D eigenvalue weighted by molar-refractivity contribution is 5.42. The summed E-state index contributed by atoms with van der Waals surface area (Å²) in [6.45, 7) is 16.1. The Morgan fingerprint density at radius 1 is 1.21 bits per heavy atom. The van der Waals surface area contributed by atoms with E-state index in [-0.39, 0.29) is 0 Å². The molecule has 0 amide bonds. The molecular formula is C16H29N3. The van der Waals surface area contributed by atoms with Gasteiger partial charge in [-0.1, -0.05) is 27.7 Å². The van der Waals surface area contributed by atoms with Gasteiger partial charge < -0.3 is 10.2 Å². The van der Waals surface area contributed by atoms with E-state index in [1.54, 1.807) is 0 Å². The Bertz CT molecular complexity index is 386. The zero-order valence-corrected chi connectivity index (χ0v) is 13.3. The van der Waals surface area contributed by atoms with Gasteiger partial charge in [0.15, 0.2) is 0 Å². The van der Waals surface area contributed by atoms with Gasteiger partial charge in [0.05, 0.1) is 0 Å². The van der Waals surface area contributed by atoms with Gasteiger partial charge in [-0.05, 0) is 37.5 Å². The summed E-state index contributed by atoms with van der Waals surface area (Å²) in [5.74, 6) is 1.76. The molecule has 0 aliphatic carbocycles. The van der Waals surface area contributed by atoms with Crippen LogP contribution in [0.1, 0.15) is 45.9 Å². The Balaban J connectivity index is 2.87. The molecule has 0 aromatic carbocycles. The highest BCUT2D eigenvalue weighted by atomic mass is 15.2. The third-order valence-electron chi connectivity index (χ3n) is 3.01. The zero-order valence-electron chi connectivity index (χ0n) is 13.3. The standard InChI is InChI=1S/C16H29N3/c1-7-19(11-12(2)3)16-9-15(8-14(6)18-16)10-17-13(4)5/h8-9,12-13,17H,7,10-11H2,1-6H3. The fraction of sp³-hybridized carbons (Fsp3) is 0.688. The second kappa shape index (κ2) is 7.49. The number of hydrogen-bond donors (Lipinski definition) is 1. The summed E-state index contributed by atoms with van der Waals surface area (Å²) < 4.78 is 0. The van der Waals surface area contributed by atoms with Gasteiger partial charge in [-0.2, -0.15) is 0 Å². The molecule has 1 aromatic rings. The Kier molecular flexibility index (Phi) is 6.29. The summed E-state index contributed by atoms with van der Waals surface area (Å²) >= 11 is 0. The number of nitrogens with zero attached hydrogens (tertiary/aromatic N) is 2. The van der Waals surface area contributed by atoms with E-state index in [2.05, 4.69) is 68.9 Å². The topological polar surface area (TPSA) is 28.2 Å². The van der Waals surface area contributed by atoms with Crippen LogP contribution in [0, 0.1) is 12.8 Å². The summed E-state index contributed by atoms with van der Waals surface area (Å²) in [5, 5.41) is 3.47. The van der Waals surface area contributed by atoms with Crippen molar-refractivity contribution in [2.75, 3.05) is 18.0 Å². The fourth-order valence-electron chi connectivity index (χ4n) is 2.13. The Morgan fingerprint density at radius 3 is 2.42 bits per heavy atom. The first kappa shape index (κ1) is 16.0. The predicted octanol–water partition coefficient (Wildman–Crippen LogP) is 3.37. The molecule has 0 spiro atoms. The lowest BCUT2D eigenvalue weighted by atomic mass is 10.1. The van der Waals surface area contributed by atoms with Crippen LogP contribution in [0.25, 0.3) is 0 Å². The Hall–Kier alpha value is -1.09. The fourth-order valence-corrected chi connectivity index (χ4v) is 2.13. The van der Waals surface area contributed by atoms with E-state index in [9.17, 15) is 0 Å². The van der Waals surface area contributed by atoms with Crippen molar-refractivity contribution >= 4 is 5.82 Å². The Labute approximate surface area is 118 Å². The van der Waals surface area contributed by atoms with Crippen LogP contribution in [0.15, 0.2) is 12.1 Å². The maximum Gasteiger partial charge on any atom is 0.129 e. The maximum atomic E-state index is 4.68. The largest absolute Gasteiger partial charge is 0.357 e. The van der Waals surface area contributed by atoms with Crippen molar-refractivity contribution in [2.24, 2.45) is 5.92 Å². The van der Waals surface area contributed by atoms with Crippen LogP contribution in [0.3, 0.4) is 0 Å². The van der Waals surface area contributed by atoms with Crippen molar-refractivity contribution in [2.45, 2.75) is 54.1 Å². The quantitative estimate of drug-likeness (QED) is 0.817. The minimum Gasteiger partial charge on any atom is -0.357 e. The average Bonchev–Trinajstić information content (AvgIpc) is 2.32. The third-order valence-corrected chi connectivity index (χ3v) is 3.01. The van der Waals surface area contributed by atoms with Gasteiger partial charge in [-0.15, -0.1) is 0 Å². The van der Waals surface area contributed by atoms with Crippen LogP contribution < -0.4 is 10.2 Å². The van der Waals surface area contributed by atoms with Crippen molar-refractivity contribution in [3.63, 3.8) is 0 Å². The van der Waals surface area contributed by atoms with Gasteiger partial charge in [0.25, 0.3) is 0 Å². The molecule has 1 rings (SSSR count). The maximum absolute atomic E-state index is 4.68. The first-order chi connectivity index (χ1) is 8.92. The minimum absolute atomic E-state index is 0.509. The van der Waals surface area contributed by atoms with Crippen LogP contribution in [0.2, 0.25) is 0 Å². The molecule has 3 heteroatoms. The molecule has 1 aromatic heterocycles. The molecule has 0 aliphatic rings. The normalized spacial score (nSPS) is 11.4. The molecule has 1 heterocycles. The predicted molar refractivity (Wildman–Crippen MR) is 83.7 cm³/mol. The summed E-state index contributed by atoms with van der Waals surface area (Å²) in [4.78, 5) is 7.04. The second-order valence-corrected chi connectivity index (χ2v) is 5.94. The second-order valence-electron chi connectivity index (χ2n) is 5.94. The molecule has 3 nitrogen and oxygen atoms in total. The van der Waals surface area contributed by atoms with Crippen LogP contribution in [-0.4, -0.2) is 24.1 Å². The van der Waals surface area contributed by atoms with Crippen LogP contribution >= 0.6 is 0 Å². The van der Waals surface area contributed by atoms with Gasteiger partial charge in [0.2, 0.25) is 0 Å². The van der Waals surface area contributed by atoms with E-state index in [0.717, 1.165) is 31.1 Å². The molecule has 0 saturated heterocycles. The number of hydrogen-bond acceptors (Lipinski definition) is 3. The zero-order chi connectivity index (χ0) is 14.4. The van der Waals surface area contributed by atoms with E-state index in [1.165, 1.54) is 5.56 Å². The van der Waals surface area contributed by atoms with E-state index in [1.807, 2.05) is 0 Å². The number of pyridine rings is 1. The molecule has 1 N–H and O–H groups in total. The minimum atomic E-state index is 0.509. The van der Waals surface area contributed by atoms with E-state index in [0.29, 0.717) is 12.0 Å². The van der Waals surface area contributed by atoms with Crippen molar-refractivity contribution in [3.8, 4) is 0 Å². The number of nitrogens with one attached hydrogen (secondary N) is 1. The van der Waals surface area contributed by atoms with E-state index < -0.39 is 0 Å². The van der Waals surface area contributed by atoms with Gasteiger partial charge >= 0.3 is 0 Å². The lowest BCUT2D eigenvalue weighted by Gasteiger charge is -2.25. The van der Waals surface area contributed by atoms with Crippen LogP contribution in [-0.2, 0) is 6.54 Å². The molecular weight excluding hydrogens is 234 g/mol. The average molecular weight is 263 g/mol. The highest BCUT2D eigenvalue weighted by Crippen LogP contribution is 2.16. The number of rotatable bonds is 7. The highest BCUT2D eigenvalue weighted by Gasteiger charge is 2.09. The SMILES string of the molecule is CCN(CC(C)C)c1cc(CNC(C)C)cc(C)n1. The molecule has 0 radical (unpaired) electrons. The van der Waals surface area contributed by atoms with Crippen molar-refractivity contribution < 1.29 is 0 Å². The molecule has 19 heavy (non-hydrogen) atoms. The van der Waals surface area contributed by atoms with Gasteiger partial charge in [-0.25, -0.2) is 4.98 Å². The third kappa shape index (κ3) is 5.60. The summed E-state index contributed by atoms with van der Waals surface area (Å²) in [5.41, 5.74) is 2.42. The van der Waals surface area contributed by atoms with Crippen molar-refractivity contribution in [1.29, 1.82) is 0 Å². The molecule has 0 unspecified atom stereocenters. The molecule has 0 saturated carbocycles. The molecule has 108 valence electrons. The Morgan fingerprint density at radius 2 is 1.89 bits per heavy atom. The first-order valence-electron chi connectivity index (χ1n) is 7.38. The smallest absolute Gasteiger partial charge is 0.129 e. The molecule has 0 atom stereocenters. The molecule has 0 bridgehead atoms. The van der Waals surface area contributed by atoms with Gasteiger partial charge in [-0.3, -0.25) is 0 Å². The van der Waals surface area contributed by atoms with Crippen molar-refractivity contribution in [3.05, 3.63) is 23.4 Å². The van der Waals surface area contributed by atoms with E-state index >= 15 is 0 Å². The number of aryl methyl sites for hydroxylation is 1.